The second-order valence-corrected chi connectivity index (χ2v) is 5.31. The van der Waals surface area contributed by atoms with Crippen molar-refractivity contribution in [1.29, 1.82) is 0 Å². The van der Waals surface area contributed by atoms with Crippen molar-refractivity contribution in [3.8, 4) is 0 Å². The van der Waals surface area contributed by atoms with Crippen molar-refractivity contribution in [3.63, 3.8) is 0 Å². The van der Waals surface area contributed by atoms with Gasteiger partial charge in [0.15, 0.2) is 0 Å². The molecule has 2 aromatic carbocycles. The number of halogens is 2. The number of nitrogens with zero attached hydrogens (tertiary/aromatic N) is 1. The van der Waals surface area contributed by atoms with E-state index in [0.29, 0.717) is 15.8 Å². The smallest absolute Gasteiger partial charge is 0.337 e. The number of carboxylic acid groups (broad SMARTS) is 1. The highest BCUT2D eigenvalue weighted by atomic mass is 79.9. The molecule has 0 bridgehead atoms. The maximum absolute atomic E-state index is 11.0. The average molecular weight is 372 g/mol. The minimum absolute atomic E-state index is 0.0281. The van der Waals surface area contributed by atoms with Gasteiger partial charge < -0.3 is 10.4 Å². The Morgan fingerprint density at radius 3 is 2.57 bits per heavy atom. The lowest BCUT2D eigenvalue weighted by Gasteiger charge is -2.10. The molecule has 108 valence electrons. The molecular formula is C13H8BrClN2O4. The van der Waals surface area contributed by atoms with Gasteiger partial charge in [-0.25, -0.2) is 4.79 Å². The highest BCUT2D eigenvalue weighted by molar-refractivity contribution is 9.10. The lowest BCUT2D eigenvalue weighted by molar-refractivity contribution is -0.384. The summed E-state index contributed by atoms with van der Waals surface area (Å²) in [5.41, 5.74) is 1.00. The monoisotopic (exact) mass is 370 g/mol. The summed E-state index contributed by atoms with van der Waals surface area (Å²) < 4.78 is 0.489. The molecule has 8 heteroatoms. The van der Waals surface area contributed by atoms with Crippen LogP contribution in [0.5, 0.6) is 0 Å². The molecule has 6 nitrogen and oxygen atoms in total. The third-order valence-electron chi connectivity index (χ3n) is 2.64. The van der Waals surface area contributed by atoms with Crippen LogP contribution in [0.2, 0.25) is 5.02 Å². The number of anilines is 2. The van der Waals surface area contributed by atoms with Crippen LogP contribution in [-0.2, 0) is 0 Å². The Kier molecular flexibility index (Phi) is 4.44. The van der Waals surface area contributed by atoms with Gasteiger partial charge in [0.2, 0.25) is 0 Å². The van der Waals surface area contributed by atoms with Gasteiger partial charge in [-0.2, -0.15) is 0 Å². The Morgan fingerprint density at radius 2 is 2.00 bits per heavy atom. The molecule has 2 N–H and O–H groups in total. The maximum atomic E-state index is 11.0. The molecule has 0 aliphatic carbocycles. The van der Waals surface area contributed by atoms with Crippen LogP contribution in [0.15, 0.2) is 40.9 Å². The quantitative estimate of drug-likeness (QED) is 0.612. The van der Waals surface area contributed by atoms with E-state index in [9.17, 15) is 14.9 Å². The van der Waals surface area contributed by atoms with Gasteiger partial charge in [-0.1, -0.05) is 11.6 Å². The number of aromatic carboxylic acids is 1. The Morgan fingerprint density at radius 1 is 1.29 bits per heavy atom. The van der Waals surface area contributed by atoms with Crippen LogP contribution >= 0.6 is 27.5 Å². The van der Waals surface area contributed by atoms with E-state index < -0.39 is 10.9 Å². The SMILES string of the molecule is O=C(O)c1cc(Nc2ccc([N+](=O)[O-])cc2Br)ccc1Cl. The van der Waals surface area contributed by atoms with E-state index in [1.54, 1.807) is 6.07 Å². The average Bonchev–Trinajstić information content (AvgIpc) is 2.42. The zero-order chi connectivity index (χ0) is 15.6. The maximum Gasteiger partial charge on any atom is 0.337 e. The standard InChI is InChI=1S/C13H8BrClN2O4/c14-10-6-8(17(20)21)2-4-12(10)16-7-1-3-11(15)9(5-7)13(18)19/h1-6,16H,(H,18,19). The fraction of sp³-hybridized carbons (Fsp3) is 0. The summed E-state index contributed by atoms with van der Waals surface area (Å²) in [7, 11) is 0. The number of non-ortho nitro benzene ring substituents is 1. The molecule has 0 unspecified atom stereocenters. The number of rotatable bonds is 4. The van der Waals surface area contributed by atoms with Crippen LogP contribution in [-0.4, -0.2) is 16.0 Å². The zero-order valence-electron chi connectivity index (χ0n) is 10.3. The van der Waals surface area contributed by atoms with Crippen LogP contribution < -0.4 is 5.32 Å². The van der Waals surface area contributed by atoms with Crippen LogP contribution in [0.25, 0.3) is 0 Å². The molecule has 0 aliphatic rings. The number of hydrogen-bond donors (Lipinski definition) is 2. The minimum Gasteiger partial charge on any atom is -0.478 e. The number of benzene rings is 2. The fourth-order valence-electron chi connectivity index (χ4n) is 1.64. The summed E-state index contributed by atoms with van der Waals surface area (Å²) in [6.07, 6.45) is 0. The molecule has 0 radical (unpaired) electrons. The van der Waals surface area contributed by atoms with Crippen molar-refractivity contribution < 1.29 is 14.8 Å². The van der Waals surface area contributed by atoms with Gasteiger partial charge in [-0.15, -0.1) is 0 Å². The molecule has 0 spiro atoms. The highest BCUT2D eigenvalue weighted by Gasteiger charge is 2.12. The van der Waals surface area contributed by atoms with Gasteiger partial charge in [-0.05, 0) is 40.2 Å². The molecule has 0 atom stereocenters. The second-order valence-electron chi connectivity index (χ2n) is 4.05. The van der Waals surface area contributed by atoms with Crippen molar-refractivity contribution in [3.05, 3.63) is 61.6 Å². The van der Waals surface area contributed by atoms with Gasteiger partial charge in [0, 0.05) is 22.3 Å². The van der Waals surface area contributed by atoms with Crippen molar-refractivity contribution >= 4 is 50.6 Å². The summed E-state index contributed by atoms with van der Waals surface area (Å²) in [4.78, 5) is 21.2. The molecular weight excluding hydrogens is 364 g/mol. The van der Waals surface area contributed by atoms with Crippen molar-refractivity contribution in [2.45, 2.75) is 0 Å². The Bertz CT molecular complexity index is 736. The van der Waals surface area contributed by atoms with Crippen molar-refractivity contribution in [2.24, 2.45) is 0 Å². The summed E-state index contributed by atoms with van der Waals surface area (Å²) in [6.45, 7) is 0. The lowest BCUT2D eigenvalue weighted by atomic mass is 10.2. The number of nitrogens with one attached hydrogen (secondary N) is 1. The first-order valence-electron chi connectivity index (χ1n) is 5.62. The van der Waals surface area contributed by atoms with Crippen molar-refractivity contribution in [1.82, 2.24) is 0 Å². The summed E-state index contributed by atoms with van der Waals surface area (Å²) >= 11 is 9.01. The lowest BCUT2D eigenvalue weighted by Crippen LogP contribution is -2.00. The van der Waals surface area contributed by atoms with Gasteiger partial charge >= 0.3 is 5.97 Å². The number of nitro benzene ring substituents is 1. The fourth-order valence-corrected chi connectivity index (χ4v) is 2.31. The molecule has 0 saturated carbocycles. The second kappa shape index (κ2) is 6.11. The predicted molar refractivity (Wildman–Crippen MR) is 82.5 cm³/mol. The molecule has 21 heavy (non-hydrogen) atoms. The molecule has 0 amide bonds. The Hall–Kier alpha value is -2.12. The molecule has 0 saturated heterocycles. The van der Waals surface area contributed by atoms with E-state index in [4.69, 9.17) is 16.7 Å². The number of hydrogen-bond acceptors (Lipinski definition) is 4. The summed E-state index contributed by atoms with van der Waals surface area (Å²) in [5.74, 6) is -1.13. The normalized spacial score (nSPS) is 10.2. The molecule has 0 fully saturated rings. The first-order valence-corrected chi connectivity index (χ1v) is 6.79. The zero-order valence-corrected chi connectivity index (χ0v) is 12.7. The first-order chi connectivity index (χ1) is 9.88. The van der Waals surface area contributed by atoms with E-state index in [1.165, 1.54) is 30.3 Å². The minimum atomic E-state index is -1.13. The Balaban J connectivity index is 2.32. The van der Waals surface area contributed by atoms with Crippen LogP contribution in [0.4, 0.5) is 17.1 Å². The largest absolute Gasteiger partial charge is 0.478 e. The summed E-state index contributed by atoms with van der Waals surface area (Å²) in [5, 5.41) is 22.8. The van der Waals surface area contributed by atoms with E-state index in [2.05, 4.69) is 21.2 Å². The van der Waals surface area contributed by atoms with Gasteiger partial charge in [0.1, 0.15) is 0 Å². The third kappa shape index (κ3) is 3.50. The van der Waals surface area contributed by atoms with Gasteiger partial charge in [0.25, 0.3) is 5.69 Å². The third-order valence-corrected chi connectivity index (χ3v) is 3.62. The van der Waals surface area contributed by atoms with Gasteiger partial charge in [0.05, 0.1) is 21.2 Å². The first kappa shape index (κ1) is 15.3. The number of nitro groups is 1. The topological polar surface area (TPSA) is 92.5 Å². The molecule has 2 rings (SSSR count). The highest BCUT2D eigenvalue weighted by Crippen LogP contribution is 2.30. The van der Waals surface area contributed by atoms with Crippen LogP contribution in [0, 0.1) is 10.1 Å². The Labute approximate surface area is 132 Å². The molecule has 0 aliphatic heterocycles. The van der Waals surface area contributed by atoms with E-state index in [0.717, 1.165) is 0 Å². The van der Waals surface area contributed by atoms with E-state index in [-0.39, 0.29) is 16.3 Å². The molecule has 0 heterocycles. The predicted octanol–water partition coefficient (Wildman–Crippen LogP) is 4.45. The number of carbonyl (C=O) groups is 1. The van der Waals surface area contributed by atoms with E-state index in [1.807, 2.05) is 0 Å². The molecule has 0 aromatic heterocycles. The van der Waals surface area contributed by atoms with E-state index >= 15 is 0 Å². The van der Waals surface area contributed by atoms with Gasteiger partial charge in [-0.3, -0.25) is 10.1 Å². The van der Waals surface area contributed by atoms with Crippen LogP contribution in [0.1, 0.15) is 10.4 Å². The number of carboxylic acids is 1. The van der Waals surface area contributed by atoms with Crippen molar-refractivity contribution in [2.75, 3.05) is 5.32 Å². The van der Waals surface area contributed by atoms with Crippen LogP contribution in [0.3, 0.4) is 0 Å². The molecule has 2 aromatic rings. The summed E-state index contributed by atoms with van der Waals surface area (Å²) in [6, 6.07) is 8.70.